The molecule has 0 aliphatic heterocycles. The lowest BCUT2D eigenvalue weighted by Crippen LogP contribution is -2.00. The highest BCUT2D eigenvalue weighted by atomic mass is 35.5. The average molecular weight is 269 g/mol. The minimum Gasteiger partial charge on any atom is -0.265 e. The molecule has 0 aliphatic rings. The smallest absolute Gasteiger partial charge is 0.178 e. The van der Waals surface area contributed by atoms with Crippen LogP contribution >= 0.6 is 11.6 Å². The van der Waals surface area contributed by atoms with Crippen LogP contribution in [0.4, 0.5) is 0 Å². The molecule has 0 radical (unpaired) electrons. The van der Waals surface area contributed by atoms with E-state index in [1.807, 2.05) is 0 Å². The molecule has 88 valence electrons. The molecule has 0 spiro atoms. The highest BCUT2D eigenvalue weighted by Crippen LogP contribution is 2.24. The Balaban J connectivity index is 2.53. The summed E-state index contributed by atoms with van der Waals surface area (Å²) < 4.78 is 22.7. The first-order valence-corrected chi connectivity index (χ1v) is 7.02. The maximum atomic E-state index is 11.4. The first kappa shape index (κ1) is 12.0. The summed E-state index contributed by atoms with van der Waals surface area (Å²) in [5, 5.41) is -0.0122. The molecule has 0 aliphatic carbocycles. The minimum absolute atomic E-state index is 0.0122. The molecular formula is C11H9ClN2O2S. The molecule has 2 aromatic rings. The van der Waals surface area contributed by atoms with Crippen LogP contribution in [0.1, 0.15) is 0 Å². The first-order chi connectivity index (χ1) is 7.98. The Morgan fingerprint density at radius 3 is 2.29 bits per heavy atom. The fourth-order valence-electron chi connectivity index (χ4n) is 1.38. The summed E-state index contributed by atoms with van der Waals surface area (Å²) in [5.41, 5.74) is 1.45. The van der Waals surface area contributed by atoms with Crippen LogP contribution in [-0.4, -0.2) is 24.6 Å². The van der Waals surface area contributed by atoms with Crippen molar-refractivity contribution < 1.29 is 8.42 Å². The fourth-order valence-corrected chi connectivity index (χ4v) is 2.62. The maximum Gasteiger partial charge on any atom is 0.178 e. The summed E-state index contributed by atoms with van der Waals surface area (Å²) in [6.45, 7) is 0. The third kappa shape index (κ3) is 2.62. The van der Waals surface area contributed by atoms with Gasteiger partial charge in [-0.2, -0.15) is 0 Å². The molecule has 2 aromatic heterocycles. The average Bonchev–Trinajstić information content (AvgIpc) is 2.28. The number of sulfone groups is 1. The Hall–Kier alpha value is -1.46. The van der Waals surface area contributed by atoms with Gasteiger partial charge in [0.25, 0.3) is 0 Å². The number of halogens is 1. The zero-order valence-electron chi connectivity index (χ0n) is 8.96. The summed E-state index contributed by atoms with van der Waals surface area (Å²) in [4.78, 5) is 8.00. The summed E-state index contributed by atoms with van der Waals surface area (Å²) >= 11 is 5.86. The molecule has 2 heterocycles. The van der Waals surface area contributed by atoms with Gasteiger partial charge in [0.1, 0.15) is 10.0 Å². The zero-order valence-corrected chi connectivity index (χ0v) is 10.5. The summed E-state index contributed by atoms with van der Waals surface area (Å²) in [5.74, 6) is 0. The fraction of sp³-hybridized carbons (Fsp3) is 0.0909. The molecule has 0 N–H and O–H groups in total. The number of aromatic nitrogens is 2. The summed E-state index contributed by atoms with van der Waals surface area (Å²) in [7, 11) is -3.34. The van der Waals surface area contributed by atoms with E-state index in [1.54, 1.807) is 30.6 Å². The lowest BCUT2D eigenvalue weighted by Gasteiger charge is -2.04. The Morgan fingerprint density at radius 2 is 1.76 bits per heavy atom. The van der Waals surface area contributed by atoms with Crippen molar-refractivity contribution in [2.45, 2.75) is 4.90 Å². The van der Waals surface area contributed by atoms with E-state index in [2.05, 4.69) is 9.97 Å². The van der Waals surface area contributed by atoms with Gasteiger partial charge < -0.3 is 0 Å². The van der Waals surface area contributed by atoms with Crippen molar-refractivity contribution in [3.8, 4) is 11.3 Å². The topological polar surface area (TPSA) is 59.9 Å². The molecule has 0 aromatic carbocycles. The molecular weight excluding hydrogens is 260 g/mol. The van der Waals surface area contributed by atoms with Gasteiger partial charge in [-0.05, 0) is 24.3 Å². The van der Waals surface area contributed by atoms with Gasteiger partial charge in [0, 0.05) is 24.2 Å². The van der Waals surface area contributed by atoms with Crippen molar-refractivity contribution in [1.29, 1.82) is 0 Å². The first-order valence-electron chi connectivity index (χ1n) is 4.75. The third-order valence-corrected chi connectivity index (χ3v) is 3.72. The molecule has 0 bridgehead atoms. The largest absolute Gasteiger partial charge is 0.265 e. The van der Waals surface area contributed by atoms with Crippen molar-refractivity contribution in [1.82, 2.24) is 9.97 Å². The van der Waals surface area contributed by atoms with Gasteiger partial charge in [-0.1, -0.05) is 11.6 Å². The molecule has 0 fully saturated rings. The van der Waals surface area contributed by atoms with Gasteiger partial charge in [0.15, 0.2) is 9.84 Å². The van der Waals surface area contributed by atoms with Crippen LogP contribution in [0.25, 0.3) is 11.3 Å². The van der Waals surface area contributed by atoms with E-state index < -0.39 is 9.84 Å². The number of pyridine rings is 2. The van der Waals surface area contributed by atoms with Crippen LogP contribution < -0.4 is 0 Å². The second kappa shape index (κ2) is 4.43. The van der Waals surface area contributed by atoms with Crippen LogP contribution in [0, 0.1) is 0 Å². The molecule has 17 heavy (non-hydrogen) atoms. The lowest BCUT2D eigenvalue weighted by atomic mass is 10.2. The normalized spacial score (nSPS) is 11.4. The SMILES string of the molecule is CS(=O)(=O)c1ccc(-c2ccncc2)nc1Cl. The van der Waals surface area contributed by atoms with Crippen LogP contribution in [-0.2, 0) is 9.84 Å². The van der Waals surface area contributed by atoms with Crippen molar-refractivity contribution in [3.05, 3.63) is 41.8 Å². The quantitative estimate of drug-likeness (QED) is 0.784. The molecule has 0 saturated heterocycles. The van der Waals surface area contributed by atoms with E-state index in [1.165, 1.54) is 6.07 Å². The van der Waals surface area contributed by atoms with E-state index in [0.29, 0.717) is 5.69 Å². The monoisotopic (exact) mass is 268 g/mol. The zero-order chi connectivity index (χ0) is 12.5. The third-order valence-electron chi connectivity index (χ3n) is 2.19. The van der Waals surface area contributed by atoms with E-state index in [0.717, 1.165) is 11.8 Å². The van der Waals surface area contributed by atoms with Gasteiger partial charge in [-0.25, -0.2) is 13.4 Å². The molecule has 0 saturated carbocycles. The van der Waals surface area contributed by atoms with Crippen LogP contribution in [0.3, 0.4) is 0 Å². The van der Waals surface area contributed by atoms with Gasteiger partial charge in [-0.15, -0.1) is 0 Å². The van der Waals surface area contributed by atoms with Crippen LogP contribution in [0.5, 0.6) is 0 Å². The van der Waals surface area contributed by atoms with E-state index in [4.69, 9.17) is 11.6 Å². The predicted molar refractivity (Wildman–Crippen MR) is 65.6 cm³/mol. The second-order valence-electron chi connectivity index (χ2n) is 3.49. The van der Waals surface area contributed by atoms with E-state index in [9.17, 15) is 8.42 Å². The summed E-state index contributed by atoms with van der Waals surface area (Å²) in [6.07, 6.45) is 4.37. The highest BCUT2D eigenvalue weighted by molar-refractivity contribution is 7.90. The van der Waals surface area contributed by atoms with Crippen molar-refractivity contribution in [2.75, 3.05) is 6.26 Å². The molecule has 2 rings (SSSR count). The molecule has 4 nitrogen and oxygen atoms in total. The second-order valence-corrected chi connectivity index (χ2v) is 5.84. The standard InChI is InChI=1S/C11H9ClN2O2S/c1-17(15,16)10-3-2-9(14-11(10)12)8-4-6-13-7-5-8/h2-7H,1H3. The van der Waals surface area contributed by atoms with E-state index >= 15 is 0 Å². The Labute approximate surface area is 104 Å². The van der Waals surface area contributed by atoms with Crippen molar-refractivity contribution in [2.24, 2.45) is 0 Å². The molecule has 0 amide bonds. The molecule has 0 unspecified atom stereocenters. The minimum atomic E-state index is -3.34. The van der Waals surface area contributed by atoms with Gasteiger partial charge >= 0.3 is 0 Å². The van der Waals surface area contributed by atoms with Gasteiger partial charge in [0.05, 0.1) is 5.69 Å². The van der Waals surface area contributed by atoms with E-state index in [-0.39, 0.29) is 10.0 Å². The highest BCUT2D eigenvalue weighted by Gasteiger charge is 2.14. The summed E-state index contributed by atoms with van der Waals surface area (Å²) in [6, 6.07) is 6.63. The maximum absolute atomic E-state index is 11.4. The van der Waals surface area contributed by atoms with Crippen molar-refractivity contribution in [3.63, 3.8) is 0 Å². The van der Waals surface area contributed by atoms with Gasteiger partial charge in [0.2, 0.25) is 0 Å². The lowest BCUT2D eigenvalue weighted by molar-refractivity contribution is 0.601. The Bertz CT molecular complexity index is 642. The predicted octanol–water partition coefficient (Wildman–Crippen LogP) is 2.20. The molecule has 6 heteroatoms. The van der Waals surface area contributed by atoms with Crippen LogP contribution in [0.15, 0.2) is 41.6 Å². The van der Waals surface area contributed by atoms with Gasteiger partial charge in [-0.3, -0.25) is 4.98 Å². The molecule has 0 atom stereocenters. The van der Waals surface area contributed by atoms with Crippen molar-refractivity contribution >= 4 is 21.4 Å². The Kier molecular flexibility index (Phi) is 3.13. The number of hydrogen-bond donors (Lipinski definition) is 0. The number of hydrogen-bond acceptors (Lipinski definition) is 4. The number of rotatable bonds is 2. The van der Waals surface area contributed by atoms with Crippen LogP contribution in [0.2, 0.25) is 5.15 Å². The Morgan fingerprint density at radius 1 is 1.12 bits per heavy atom. The number of nitrogens with zero attached hydrogens (tertiary/aromatic N) is 2.